The Balaban J connectivity index is 0.00000155. The van der Waals surface area contributed by atoms with Gasteiger partial charge in [0.25, 0.3) is 0 Å². The first kappa shape index (κ1) is 21.8. The molecule has 0 atom stereocenters. The summed E-state index contributed by atoms with van der Waals surface area (Å²) in [7, 11) is 4.20. The molecule has 5 nitrogen and oxygen atoms in total. The minimum absolute atomic E-state index is 0. The van der Waals surface area contributed by atoms with E-state index in [1.165, 1.54) is 0 Å². The fourth-order valence-electron chi connectivity index (χ4n) is 1.92. The quantitative estimate of drug-likeness (QED) is 0.604. The summed E-state index contributed by atoms with van der Waals surface area (Å²) in [6.45, 7) is 1.94. The van der Waals surface area contributed by atoms with Gasteiger partial charge >= 0.3 is 25.2 Å². The molecule has 0 aliphatic carbocycles. The van der Waals surface area contributed by atoms with E-state index < -0.39 is 0 Å². The SMILES string of the molecule is NC(=O)CCN(Cc1ccccn1)Cc1ccccn1.[Cl-].[Cl][Cu+]. The van der Waals surface area contributed by atoms with Crippen molar-refractivity contribution in [3.8, 4) is 0 Å². The van der Waals surface area contributed by atoms with Crippen molar-refractivity contribution in [2.75, 3.05) is 6.54 Å². The molecule has 0 aliphatic rings. The monoisotopic (exact) mass is 403 g/mol. The standard InChI is InChI=1S/C15H18N4O.2ClH.Cu/c16-15(20)7-10-19(11-13-5-1-3-8-17-13)12-14-6-2-4-9-18-14;;;/h1-6,8-9H,7,10-12H2,(H2,16,20);2*1H;/q;;;+2/p-2. The first-order chi connectivity index (χ1) is 10.7. The Labute approximate surface area is 155 Å². The average Bonchev–Trinajstić information content (AvgIpc) is 2.56. The van der Waals surface area contributed by atoms with Crippen molar-refractivity contribution in [3.05, 3.63) is 60.2 Å². The maximum atomic E-state index is 11.0. The van der Waals surface area contributed by atoms with Crippen LogP contribution in [0.2, 0.25) is 0 Å². The normalized spacial score (nSPS) is 9.57. The number of nitrogens with zero attached hydrogens (tertiary/aromatic N) is 3. The van der Waals surface area contributed by atoms with E-state index in [0.717, 1.165) is 11.4 Å². The van der Waals surface area contributed by atoms with Crippen molar-refractivity contribution in [1.29, 1.82) is 0 Å². The fraction of sp³-hybridized carbons (Fsp3) is 0.267. The summed E-state index contributed by atoms with van der Waals surface area (Å²) in [4.78, 5) is 21.7. The molecule has 0 spiro atoms. The van der Waals surface area contributed by atoms with Gasteiger partial charge in [0, 0.05) is 38.4 Å². The molecule has 2 rings (SSSR count). The van der Waals surface area contributed by atoms with E-state index >= 15 is 0 Å². The van der Waals surface area contributed by atoms with Crippen LogP contribution in [0.4, 0.5) is 0 Å². The van der Waals surface area contributed by atoms with Crippen LogP contribution in [0.1, 0.15) is 17.8 Å². The molecule has 0 fully saturated rings. The van der Waals surface area contributed by atoms with Gasteiger partial charge in [0.2, 0.25) is 5.91 Å². The van der Waals surface area contributed by atoms with Gasteiger partial charge in [-0.05, 0) is 24.3 Å². The van der Waals surface area contributed by atoms with E-state index in [2.05, 4.69) is 40.1 Å². The van der Waals surface area contributed by atoms with E-state index in [9.17, 15) is 4.79 Å². The Morgan fingerprint density at radius 3 is 1.87 bits per heavy atom. The topological polar surface area (TPSA) is 72.1 Å². The molecule has 0 saturated heterocycles. The molecule has 0 unspecified atom stereocenters. The van der Waals surface area contributed by atoms with Crippen LogP contribution in [0.15, 0.2) is 48.8 Å². The molecule has 23 heavy (non-hydrogen) atoms. The summed E-state index contributed by atoms with van der Waals surface area (Å²) < 4.78 is 0. The number of aromatic nitrogens is 2. The van der Waals surface area contributed by atoms with Crippen molar-refractivity contribution in [2.45, 2.75) is 19.5 Å². The number of halogens is 2. The third-order valence-electron chi connectivity index (χ3n) is 2.90. The van der Waals surface area contributed by atoms with Gasteiger partial charge in [0.1, 0.15) is 0 Å². The molecule has 0 bridgehead atoms. The molecule has 0 aromatic carbocycles. The Bertz CT molecular complexity index is 504. The molecular weight excluding hydrogens is 387 g/mol. The second-order valence-corrected chi connectivity index (χ2v) is 4.57. The molecule has 129 valence electrons. The predicted molar refractivity (Wildman–Crippen MR) is 82.3 cm³/mol. The van der Waals surface area contributed by atoms with Crippen molar-refractivity contribution < 1.29 is 32.3 Å². The van der Waals surface area contributed by atoms with Gasteiger partial charge in [-0.15, -0.1) is 0 Å². The number of carbonyl (C=O) groups is 1. The van der Waals surface area contributed by atoms with Crippen LogP contribution in [0.5, 0.6) is 0 Å². The van der Waals surface area contributed by atoms with Crippen molar-refractivity contribution in [2.24, 2.45) is 5.73 Å². The van der Waals surface area contributed by atoms with Crippen LogP contribution >= 0.6 is 10.1 Å². The van der Waals surface area contributed by atoms with E-state index in [1.54, 1.807) is 12.4 Å². The maximum absolute atomic E-state index is 11.0. The number of amides is 1. The van der Waals surface area contributed by atoms with Crippen LogP contribution in [-0.4, -0.2) is 27.3 Å². The number of hydrogen-bond acceptors (Lipinski definition) is 4. The van der Waals surface area contributed by atoms with Crippen molar-refractivity contribution in [3.63, 3.8) is 0 Å². The molecule has 2 heterocycles. The molecule has 2 aromatic heterocycles. The van der Waals surface area contributed by atoms with Gasteiger partial charge in [0.05, 0.1) is 11.4 Å². The first-order valence-electron chi connectivity index (χ1n) is 6.66. The summed E-state index contributed by atoms with van der Waals surface area (Å²) in [6.07, 6.45) is 3.87. The Hall–Kier alpha value is -1.17. The van der Waals surface area contributed by atoms with Gasteiger partial charge in [-0.25, -0.2) is 0 Å². The van der Waals surface area contributed by atoms with Crippen molar-refractivity contribution in [1.82, 2.24) is 14.9 Å². The van der Waals surface area contributed by atoms with Crippen molar-refractivity contribution >= 4 is 16.0 Å². The van der Waals surface area contributed by atoms with E-state index in [4.69, 9.17) is 5.73 Å². The van der Waals surface area contributed by atoms with Gasteiger partial charge in [-0.2, -0.15) is 0 Å². The van der Waals surface area contributed by atoms with E-state index in [-0.39, 0.29) is 18.3 Å². The molecule has 1 amide bonds. The average molecular weight is 405 g/mol. The van der Waals surface area contributed by atoms with Gasteiger partial charge < -0.3 is 18.1 Å². The Morgan fingerprint density at radius 2 is 1.52 bits per heavy atom. The number of nitrogens with two attached hydrogens (primary N) is 1. The molecule has 2 N–H and O–H groups in total. The van der Waals surface area contributed by atoms with Gasteiger partial charge in [0.15, 0.2) is 0 Å². The fourth-order valence-corrected chi connectivity index (χ4v) is 1.92. The summed E-state index contributed by atoms with van der Waals surface area (Å²) in [5.41, 5.74) is 7.16. The molecule has 0 aliphatic heterocycles. The Morgan fingerprint density at radius 1 is 1.04 bits per heavy atom. The van der Waals surface area contributed by atoms with E-state index in [1.807, 2.05) is 36.4 Å². The zero-order valence-corrected chi connectivity index (χ0v) is 14.8. The second-order valence-electron chi connectivity index (χ2n) is 4.57. The van der Waals surface area contributed by atoms with Gasteiger partial charge in [-0.1, -0.05) is 12.1 Å². The number of pyridine rings is 2. The zero-order valence-electron chi connectivity index (χ0n) is 12.3. The predicted octanol–water partition coefficient (Wildman–Crippen LogP) is -0.955. The minimum atomic E-state index is -0.294. The molecule has 0 radical (unpaired) electrons. The van der Waals surface area contributed by atoms with Crippen LogP contribution in [-0.2, 0) is 33.0 Å². The number of rotatable bonds is 7. The van der Waals surface area contributed by atoms with E-state index in [0.29, 0.717) is 26.1 Å². The molecule has 0 saturated carbocycles. The van der Waals surface area contributed by atoms with Crippen LogP contribution in [0, 0.1) is 0 Å². The number of hydrogen-bond donors (Lipinski definition) is 1. The summed E-state index contributed by atoms with van der Waals surface area (Å²) >= 11 is 3.66. The molecular formula is C15H18Cl2CuN4O. The zero-order chi connectivity index (χ0) is 16.2. The third kappa shape index (κ3) is 9.54. The summed E-state index contributed by atoms with van der Waals surface area (Å²) in [5.74, 6) is -0.294. The summed E-state index contributed by atoms with van der Waals surface area (Å²) in [5, 5.41) is 0. The summed E-state index contributed by atoms with van der Waals surface area (Å²) in [6, 6.07) is 11.6. The van der Waals surface area contributed by atoms with Gasteiger partial charge in [-0.3, -0.25) is 19.7 Å². The Kier molecular flexibility index (Phi) is 12.6. The molecule has 8 heteroatoms. The second kappa shape index (κ2) is 13.3. The van der Waals surface area contributed by atoms with Crippen LogP contribution in [0.3, 0.4) is 0 Å². The molecule has 2 aromatic rings. The number of primary amides is 1. The van der Waals surface area contributed by atoms with Crippen LogP contribution < -0.4 is 18.1 Å². The van der Waals surface area contributed by atoms with Crippen LogP contribution in [0.25, 0.3) is 0 Å². The third-order valence-corrected chi connectivity index (χ3v) is 2.90. The number of carbonyl (C=O) groups excluding carboxylic acids is 1. The first-order valence-corrected chi connectivity index (χ1v) is 7.95.